The van der Waals surface area contributed by atoms with Gasteiger partial charge in [-0.25, -0.2) is 4.98 Å². The first-order valence-corrected chi connectivity index (χ1v) is 5.84. The Morgan fingerprint density at radius 2 is 2.18 bits per heavy atom. The predicted octanol–water partition coefficient (Wildman–Crippen LogP) is 1.48. The number of aromatic amines is 1. The van der Waals surface area contributed by atoms with Gasteiger partial charge in [-0.2, -0.15) is 5.10 Å². The Morgan fingerprint density at radius 3 is 2.88 bits per heavy atom. The third-order valence-corrected chi connectivity index (χ3v) is 2.71. The number of nitrogens with one attached hydrogen (secondary N) is 2. The summed E-state index contributed by atoms with van der Waals surface area (Å²) in [7, 11) is 0. The Labute approximate surface area is 101 Å². The average Bonchev–Trinajstić information content (AvgIpc) is 2.88. The number of pyridine rings is 1. The van der Waals surface area contributed by atoms with Crippen molar-refractivity contribution in [2.45, 2.75) is 25.8 Å². The minimum Gasteiger partial charge on any atom is -0.310 e. The molecule has 0 aliphatic carbocycles. The van der Waals surface area contributed by atoms with Crippen LogP contribution < -0.4 is 5.32 Å². The van der Waals surface area contributed by atoms with Crippen molar-refractivity contribution in [3.05, 3.63) is 42.2 Å². The molecule has 2 N–H and O–H groups in total. The molecule has 0 aliphatic rings. The van der Waals surface area contributed by atoms with E-state index in [4.69, 9.17) is 0 Å². The first-order valence-electron chi connectivity index (χ1n) is 5.84. The Kier molecular flexibility index (Phi) is 4.21. The molecule has 0 amide bonds. The van der Waals surface area contributed by atoms with Crippen LogP contribution in [-0.2, 0) is 6.42 Å². The fraction of sp³-hybridized carbons (Fsp3) is 0.417. The molecule has 0 radical (unpaired) electrons. The quantitative estimate of drug-likeness (QED) is 0.739. The number of nitrogens with zero attached hydrogens (tertiary/aromatic N) is 3. The zero-order valence-electron chi connectivity index (χ0n) is 9.93. The third-order valence-electron chi connectivity index (χ3n) is 2.71. The van der Waals surface area contributed by atoms with E-state index in [1.807, 2.05) is 24.5 Å². The van der Waals surface area contributed by atoms with Crippen molar-refractivity contribution in [3.63, 3.8) is 0 Å². The topological polar surface area (TPSA) is 66.5 Å². The van der Waals surface area contributed by atoms with Gasteiger partial charge in [-0.05, 0) is 37.6 Å². The monoisotopic (exact) mass is 231 g/mol. The molecule has 0 saturated carbocycles. The van der Waals surface area contributed by atoms with E-state index in [0.717, 1.165) is 25.2 Å². The second-order valence-corrected chi connectivity index (χ2v) is 3.99. The normalized spacial score (nSPS) is 12.5. The van der Waals surface area contributed by atoms with E-state index in [2.05, 4.69) is 32.4 Å². The van der Waals surface area contributed by atoms with Crippen molar-refractivity contribution in [3.8, 4) is 0 Å². The molecule has 0 saturated heterocycles. The Hall–Kier alpha value is -1.75. The molecule has 5 nitrogen and oxygen atoms in total. The van der Waals surface area contributed by atoms with Crippen LogP contribution in [0.3, 0.4) is 0 Å². The number of hydrogen-bond donors (Lipinski definition) is 2. The van der Waals surface area contributed by atoms with Gasteiger partial charge < -0.3 is 5.32 Å². The summed E-state index contributed by atoms with van der Waals surface area (Å²) >= 11 is 0. The number of H-pyrrole nitrogens is 1. The summed E-state index contributed by atoms with van der Waals surface area (Å²) in [5, 5.41) is 10.2. The van der Waals surface area contributed by atoms with Crippen molar-refractivity contribution in [2.75, 3.05) is 6.54 Å². The molecule has 2 aromatic heterocycles. The molecule has 0 spiro atoms. The van der Waals surface area contributed by atoms with E-state index >= 15 is 0 Å². The van der Waals surface area contributed by atoms with E-state index in [1.54, 1.807) is 6.33 Å². The number of rotatable bonds is 6. The van der Waals surface area contributed by atoms with Crippen LogP contribution in [0.25, 0.3) is 0 Å². The summed E-state index contributed by atoms with van der Waals surface area (Å²) in [6.07, 6.45) is 7.16. The summed E-state index contributed by atoms with van der Waals surface area (Å²) in [6, 6.07) is 4.43. The zero-order valence-corrected chi connectivity index (χ0v) is 9.93. The van der Waals surface area contributed by atoms with Gasteiger partial charge in [0.2, 0.25) is 0 Å². The van der Waals surface area contributed by atoms with Crippen molar-refractivity contribution in [1.82, 2.24) is 25.5 Å². The average molecular weight is 231 g/mol. The molecule has 2 aromatic rings. The molecule has 17 heavy (non-hydrogen) atoms. The van der Waals surface area contributed by atoms with E-state index in [1.165, 1.54) is 5.56 Å². The zero-order chi connectivity index (χ0) is 11.9. The number of aromatic nitrogens is 4. The van der Waals surface area contributed by atoms with Crippen molar-refractivity contribution < 1.29 is 0 Å². The fourth-order valence-electron chi connectivity index (χ4n) is 1.70. The second-order valence-electron chi connectivity index (χ2n) is 3.99. The van der Waals surface area contributed by atoms with Gasteiger partial charge in [0, 0.05) is 24.9 Å². The highest BCUT2D eigenvalue weighted by Crippen LogP contribution is 2.09. The van der Waals surface area contributed by atoms with Crippen molar-refractivity contribution in [2.24, 2.45) is 0 Å². The molecule has 2 rings (SSSR count). The van der Waals surface area contributed by atoms with E-state index < -0.39 is 0 Å². The SMILES string of the molecule is CC(NCCCc1ncn[nH]1)c1ccncc1. The maximum Gasteiger partial charge on any atom is 0.137 e. The molecule has 1 unspecified atom stereocenters. The van der Waals surface area contributed by atoms with Crippen molar-refractivity contribution in [1.29, 1.82) is 0 Å². The highest BCUT2D eigenvalue weighted by atomic mass is 15.2. The molecule has 0 aliphatic heterocycles. The Morgan fingerprint density at radius 1 is 1.35 bits per heavy atom. The van der Waals surface area contributed by atoms with Crippen LogP contribution in [0.5, 0.6) is 0 Å². The van der Waals surface area contributed by atoms with Crippen LogP contribution in [0, 0.1) is 0 Å². The fourth-order valence-corrected chi connectivity index (χ4v) is 1.70. The van der Waals surface area contributed by atoms with Crippen LogP contribution in [-0.4, -0.2) is 26.7 Å². The molecular formula is C12H17N5. The minimum atomic E-state index is 0.354. The summed E-state index contributed by atoms with van der Waals surface area (Å²) in [5.41, 5.74) is 1.26. The highest BCUT2D eigenvalue weighted by Gasteiger charge is 2.03. The maximum absolute atomic E-state index is 4.09. The Bertz CT molecular complexity index is 412. The summed E-state index contributed by atoms with van der Waals surface area (Å²) < 4.78 is 0. The molecule has 0 bridgehead atoms. The lowest BCUT2D eigenvalue weighted by Gasteiger charge is -2.13. The van der Waals surface area contributed by atoms with Gasteiger partial charge in [0.05, 0.1) is 0 Å². The van der Waals surface area contributed by atoms with Crippen LogP contribution in [0.1, 0.15) is 30.8 Å². The summed E-state index contributed by atoms with van der Waals surface area (Å²) in [5.74, 6) is 0.948. The lowest BCUT2D eigenvalue weighted by Crippen LogP contribution is -2.20. The van der Waals surface area contributed by atoms with Crippen LogP contribution in [0.4, 0.5) is 0 Å². The predicted molar refractivity (Wildman–Crippen MR) is 65.4 cm³/mol. The first-order chi connectivity index (χ1) is 8.36. The van der Waals surface area contributed by atoms with E-state index in [0.29, 0.717) is 6.04 Å². The molecule has 90 valence electrons. The molecule has 0 aromatic carbocycles. The smallest absolute Gasteiger partial charge is 0.137 e. The molecular weight excluding hydrogens is 214 g/mol. The standard InChI is InChI=1S/C12H17N5/c1-10(11-4-7-13-8-5-11)14-6-2-3-12-15-9-16-17-12/h4-5,7-10,14H,2-3,6H2,1H3,(H,15,16,17). The third kappa shape index (κ3) is 3.64. The highest BCUT2D eigenvalue weighted by molar-refractivity contribution is 5.13. The van der Waals surface area contributed by atoms with Gasteiger partial charge in [-0.15, -0.1) is 0 Å². The van der Waals surface area contributed by atoms with Gasteiger partial charge in [-0.3, -0.25) is 10.1 Å². The maximum atomic E-state index is 4.09. The number of aryl methyl sites for hydroxylation is 1. The molecule has 2 heterocycles. The van der Waals surface area contributed by atoms with E-state index in [9.17, 15) is 0 Å². The molecule has 5 heteroatoms. The summed E-state index contributed by atoms with van der Waals surface area (Å²) in [6.45, 7) is 3.12. The second kappa shape index (κ2) is 6.10. The van der Waals surface area contributed by atoms with Gasteiger partial charge in [0.1, 0.15) is 12.2 Å². The lowest BCUT2D eigenvalue weighted by atomic mass is 10.1. The van der Waals surface area contributed by atoms with Gasteiger partial charge in [0.25, 0.3) is 0 Å². The van der Waals surface area contributed by atoms with Gasteiger partial charge in [-0.1, -0.05) is 0 Å². The van der Waals surface area contributed by atoms with Gasteiger partial charge in [0.15, 0.2) is 0 Å². The molecule has 1 atom stereocenters. The largest absolute Gasteiger partial charge is 0.310 e. The molecule has 0 fully saturated rings. The summed E-state index contributed by atoms with van der Waals surface area (Å²) in [4.78, 5) is 8.10. The van der Waals surface area contributed by atoms with E-state index in [-0.39, 0.29) is 0 Å². The van der Waals surface area contributed by atoms with Gasteiger partial charge >= 0.3 is 0 Å². The van der Waals surface area contributed by atoms with Crippen molar-refractivity contribution >= 4 is 0 Å². The number of hydrogen-bond acceptors (Lipinski definition) is 4. The van der Waals surface area contributed by atoms with Crippen LogP contribution >= 0.6 is 0 Å². The van der Waals surface area contributed by atoms with Crippen LogP contribution in [0.15, 0.2) is 30.9 Å². The van der Waals surface area contributed by atoms with Crippen LogP contribution in [0.2, 0.25) is 0 Å². The lowest BCUT2D eigenvalue weighted by molar-refractivity contribution is 0.554. The first kappa shape index (κ1) is 11.7. The minimum absolute atomic E-state index is 0.354. The Balaban J connectivity index is 1.68.